The SMILES string of the molecule is NS(=O)(=O)c1cc(C(=O)OCC2CCCC2)cc(F)c1Br. The van der Waals surface area contributed by atoms with Crippen LogP contribution in [0, 0.1) is 11.7 Å². The molecule has 21 heavy (non-hydrogen) atoms. The van der Waals surface area contributed by atoms with Crippen molar-refractivity contribution in [3.63, 3.8) is 0 Å². The maximum absolute atomic E-state index is 13.7. The van der Waals surface area contributed by atoms with Crippen LogP contribution in [-0.4, -0.2) is 21.0 Å². The number of hydrogen-bond donors (Lipinski definition) is 1. The van der Waals surface area contributed by atoms with Gasteiger partial charge in [-0.3, -0.25) is 0 Å². The zero-order valence-corrected chi connectivity index (χ0v) is 13.5. The third-order valence-corrected chi connectivity index (χ3v) is 5.47. The van der Waals surface area contributed by atoms with Gasteiger partial charge >= 0.3 is 5.97 Å². The van der Waals surface area contributed by atoms with E-state index in [1.807, 2.05) is 0 Å². The van der Waals surface area contributed by atoms with E-state index in [2.05, 4.69) is 15.9 Å². The highest BCUT2D eigenvalue weighted by Crippen LogP contribution is 2.27. The minimum Gasteiger partial charge on any atom is -0.462 e. The monoisotopic (exact) mass is 379 g/mol. The third kappa shape index (κ3) is 4.02. The maximum atomic E-state index is 13.7. The lowest BCUT2D eigenvalue weighted by atomic mass is 10.1. The summed E-state index contributed by atoms with van der Waals surface area (Å²) in [7, 11) is -4.14. The molecule has 0 bridgehead atoms. The van der Waals surface area contributed by atoms with Crippen molar-refractivity contribution in [2.24, 2.45) is 11.1 Å². The molecule has 0 aliphatic heterocycles. The quantitative estimate of drug-likeness (QED) is 0.814. The van der Waals surface area contributed by atoms with Gasteiger partial charge in [0.25, 0.3) is 0 Å². The van der Waals surface area contributed by atoms with Crippen LogP contribution in [0.15, 0.2) is 21.5 Å². The summed E-state index contributed by atoms with van der Waals surface area (Å²) >= 11 is 2.81. The van der Waals surface area contributed by atoms with Crippen LogP contribution in [0.1, 0.15) is 36.0 Å². The Hall–Kier alpha value is -0.990. The van der Waals surface area contributed by atoms with Crippen molar-refractivity contribution in [1.29, 1.82) is 0 Å². The predicted octanol–water partition coefficient (Wildman–Crippen LogP) is 2.58. The van der Waals surface area contributed by atoms with Crippen molar-refractivity contribution in [3.8, 4) is 0 Å². The second kappa shape index (κ2) is 6.41. The van der Waals surface area contributed by atoms with E-state index in [4.69, 9.17) is 9.88 Å². The molecule has 1 saturated carbocycles. The van der Waals surface area contributed by atoms with E-state index < -0.39 is 26.7 Å². The Bertz CT molecular complexity index is 656. The molecule has 1 aromatic rings. The second-order valence-electron chi connectivity index (χ2n) is 5.06. The number of ether oxygens (including phenoxy) is 1. The number of sulfonamides is 1. The molecule has 1 fully saturated rings. The molecular weight excluding hydrogens is 365 g/mol. The van der Waals surface area contributed by atoms with Gasteiger partial charge in [-0.2, -0.15) is 0 Å². The molecule has 5 nitrogen and oxygen atoms in total. The lowest BCUT2D eigenvalue weighted by Gasteiger charge is -2.11. The van der Waals surface area contributed by atoms with E-state index in [1.165, 1.54) is 0 Å². The number of halogens is 2. The Kier molecular flexibility index (Phi) is 5.00. The van der Waals surface area contributed by atoms with Crippen molar-refractivity contribution in [3.05, 3.63) is 28.0 Å². The zero-order valence-electron chi connectivity index (χ0n) is 11.1. The van der Waals surface area contributed by atoms with Gasteiger partial charge in [-0.15, -0.1) is 0 Å². The van der Waals surface area contributed by atoms with Crippen LogP contribution in [0.5, 0.6) is 0 Å². The highest BCUT2D eigenvalue weighted by molar-refractivity contribution is 9.10. The maximum Gasteiger partial charge on any atom is 0.338 e. The van der Waals surface area contributed by atoms with Crippen LogP contribution >= 0.6 is 15.9 Å². The summed E-state index contributed by atoms with van der Waals surface area (Å²) in [5.74, 6) is -1.31. The van der Waals surface area contributed by atoms with Gasteiger partial charge in [0.1, 0.15) is 5.82 Å². The normalized spacial score (nSPS) is 16.1. The standard InChI is InChI=1S/C13H15BrFNO4S/c14-12-10(15)5-9(6-11(12)21(16,18)19)13(17)20-7-8-3-1-2-4-8/h5-6,8H,1-4,7H2,(H2,16,18,19). The summed E-state index contributed by atoms with van der Waals surface area (Å²) in [6.07, 6.45) is 4.24. The molecule has 1 aromatic carbocycles. The summed E-state index contributed by atoms with van der Waals surface area (Å²) in [5, 5.41) is 4.99. The fraction of sp³-hybridized carbons (Fsp3) is 0.462. The number of esters is 1. The molecular formula is C13H15BrFNO4S. The van der Waals surface area contributed by atoms with E-state index in [0.717, 1.165) is 37.8 Å². The van der Waals surface area contributed by atoms with Gasteiger partial charge in [0.2, 0.25) is 10.0 Å². The summed E-state index contributed by atoms with van der Waals surface area (Å²) in [5.41, 5.74) is -0.169. The van der Waals surface area contributed by atoms with E-state index >= 15 is 0 Å². The lowest BCUT2D eigenvalue weighted by molar-refractivity contribution is 0.0441. The van der Waals surface area contributed by atoms with Crippen molar-refractivity contribution < 1.29 is 22.3 Å². The fourth-order valence-electron chi connectivity index (χ4n) is 2.34. The summed E-state index contributed by atoms with van der Waals surface area (Å²) < 4.78 is 41.3. The minimum absolute atomic E-state index is 0.169. The van der Waals surface area contributed by atoms with Crippen molar-refractivity contribution in [1.82, 2.24) is 0 Å². The van der Waals surface area contributed by atoms with Crippen LogP contribution < -0.4 is 5.14 Å². The van der Waals surface area contributed by atoms with Crippen molar-refractivity contribution >= 4 is 31.9 Å². The van der Waals surface area contributed by atoms with Crippen LogP contribution in [-0.2, 0) is 14.8 Å². The van der Waals surface area contributed by atoms with Gasteiger partial charge < -0.3 is 4.74 Å². The first kappa shape index (κ1) is 16.4. The number of rotatable bonds is 4. The van der Waals surface area contributed by atoms with Crippen LogP contribution in [0.2, 0.25) is 0 Å². The zero-order chi connectivity index (χ0) is 15.6. The molecule has 0 atom stereocenters. The molecule has 8 heteroatoms. The topological polar surface area (TPSA) is 86.5 Å². The molecule has 0 amide bonds. The second-order valence-corrected chi connectivity index (χ2v) is 7.39. The van der Waals surface area contributed by atoms with Gasteiger partial charge in [0, 0.05) is 0 Å². The Balaban J connectivity index is 2.19. The van der Waals surface area contributed by atoms with E-state index in [9.17, 15) is 17.6 Å². The molecule has 1 aliphatic carbocycles. The van der Waals surface area contributed by atoms with Crippen molar-refractivity contribution in [2.75, 3.05) is 6.61 Å². The van der Waals surface area contributed by atoms with Crippen LogP contribution in [0.3, 0.4) is 0 Å². The predicted molar refractivity (Wildman–Crippen MR) is 77.7 cm³/mol. The van der Waals surface area contributed by atoms with E-state index in [-0.39, 0.29) is 16.6 Å². The Morgan fingerprint density at radius 3 is 2.57 bits per heavy atom. The van der Waals surface area contributed by atoms with Gasteiger partial charge in [-0.25, -0.2) is 22.7 Å². The minimum atomic E-state index is -4.14. The number of carbonyl (C=O) groups is 1. The van der Waals surface area contributed by atoms with Crippen LogP contribution in [0.25, 0.3) is 0 Å². The number of benzene rings is 1. The van der Waals surface area contributed by atoms with Gasteiger partial charge in [-0.1, -0.05) is 12.8 Å². The van der Waals surface area contributed by atoms with Crippen molar-refractivity contribution in [2.45, 2.75) is 30.6 Å². The molecule has 0 radical (unpaired) electrons. The largest absolute Gasteiger partial charge is 0.462 e. The molecule has 0 aromatic heterocycles. The molecule has 2 N–H and O–H groups in total. The highest BCUT2D eigenvalue weighted by Gasteiger charge is 2.22. The van der Waals surface area contributed by atoms with E-state index in [1.54, 1.807) is 0 Å². The number of carbonyl (C=O) groups excluding carboxylic acids is 1. The van der Waals surface area contributed by atoms with Gasteiger partial charge in [0.15, 0.2) is 0 Å². The van der Waals surface area contributed by atoms with Gasteiger partial charge in [0.05, 0.1) is 21.5 Å². The van der Waals surface area contributed by atoms with Crippen LogP contribution in [0.4, 0.5) is 4.39 Å². The lowest BCUT2D eigenvalue weighted by Crippen LogP contribution is -2.16. The third-order valence-electron chi connectivity index (χ3n) is 3.46. The molecule has 0 saturated heterocycles. The molecule has 1 aliphatic rings. The number of nitrogens with two attached hydrogens (primary N) is 1. The first-order chi connectivity index (χ1) is 9.79. The number of primary sulfonamides is 1. The summed E-state index contributed by atoms with van der Waals surface area (Å²) in [6.45, 7) is 0.265. The first-order valence-corrected chi connectivity index (χ1v) is 8.82. The molecule has 116 valence electrons. The van der Waals surface area contributed by atoms with E-state index in [0.29, 0.717) is 5.92 Å². The molecule has 0 heterocycles. The summed E-state index contributed by atoms with van der Waals surface area (Å²) in [6, 6.07) is 1.94. The average Bonchev–Trinajstić information content (AvgIpc) is 2.90. The Morgan fingerprint density at radius 2 is 2.00 bits per heavy atom. The number of hydrogen-bond acceptors (Lipinski definition) is 4. The smallest absolute Gasteiger partial charge is 0.338 e. The summed E-state index contributed by atoms with van der Waals surface area (Å²) in [4.78, 5) is 11.4. The Morgan fingerprint density at radius 1 is 1.38 bits per heavy atom. The molecule has 2 rings (SSSR count). The van der Waals surface area contributed by atoms with Gasteiger partial charge in [-0.05, 0) is 46.8 Å². The highest BCUT2D eigenvalue weighted by atomic mass is 79.9. The molecule has 0 unspecified atom stereocenters. The molecule has 0 spiro atoms. The Labute approximate surface area is 130 Å². The average molecular weight is 380 g/mol. The first-order valence-electron chi connectivity index (χ1n) is 6.48. The fourth-order valence-corrected chi connectivity index (χ4v) is 3.89.